The Labute approximate surface area is 68.8 Å². The Kier molecular flexibility index (Phi) is 2.43. The van der Waals surface area contributed by atoms with Gasteiger partial charge in [-0.3, -0.25) is 0 Å². The molecule has 38 valence electrons. The molecular weight excluding hydrogens is 335 g/mol. The average Bonchev–Trinajstić information content (AvgIpc) is 1.91. The second-order valence-electron chi connectivity index (χ2n) is 1.07. The molecule has 0 saturated carbocycles. The molecule has 0 aromatic carbocycles. The van der Waals surface area contributed by atoms with Crippen LogP contribution in [0.4, 0.5) is 0 Å². The summed E-state index contributed by atoms with van der Waals surface area (Å²) in [6, 6.07) is 0. The van der Waals surface area contributed by atoms with Crippen molar-refractivity contribution < 1.29 is 0 Å². The normalized spacial score (nSPS) is 9.43. The van der Waals surface area contributed by atoms with Crippen LogP contribution in [0.25, 0.3) is 0 Å². The van der Waals surface area contributed by atoms with Gasteiger partial charge in [0.2, 0.25) is 0 Å². The Morgan fingerprint density at radius 2 is 1.57 bits per heavy atom. The van der Waals surface area contributed by atoms with E-state index in [1.165, 1.54) is 8.95 Å². The van der Waals surface area contributed by atoms with Gasteiger partial charge in [-0.25, -0.2) is 0 Å². The Hall–Kier alpha value is 1.23. The van der Waals surface area contributed by atoms with E-state index >= 15 is 0 Å². The Morgan fingerprint density at radius 1 is 1.14 bits per heavy atom. The summed E-state index contributed by atoms with van der Waals surface area (Å²) in [6.45, 7) is 0. The van der Waals surface area contributed by atoms with Crippen LogP contribution in [-0.2, 0) is 0 Å². The maximum atomic E-state index is 3.38. The molecule has 1 heterocycles. The summed E-state index contributed by atoms with van der Waals surface area (Å²) >= 11 is 6.86. The second-order valence-corrected chi connectivity index (χ2v) is 4.90. The first-order valence-electron chi connectivity index (χ1n) is 1.68. The van der Waals surface area contributed by atoms with Gasteiger partial charge in [0, 0.05) is 0 Å². The van der Waals surface area contributed by atoms with Crippen LogP contribution in [0.15, 0.2) is 17.1 Å². The van der Waals surface area contributed by atoms with Gasteiger partial charge in [0.25, 0.3) is 0 Å². The summed E-state index contributed by atoms with van der Waals surface area (Å²) < 4.78 is 6.95. The predicted molar refractivity (Wildman–Crippen MR) is 38.8 cm³/mol. The molecule has 0 aliphatic rings. The van der Waals surface area contributed by atoms with Crippen molar-refractivity contribution in [3.05, 3.63) is 17.1 Å². The van der Waals surface area contributed by atoms with Crippen molar-refractivity contribution in [3.8, 4) is 0 Å². The monoisotopic (exact) mass is 338 g/mol. The van der Waals surface area contributed by atoms with E-state index in [1.807, 2.05) is 0 Å². The van der Waals surface area contributed by atoms with E-state index in [1.54, 1.807) is 0 Å². The van der Waals surface area contributed by atoms with Gasteiger partial charge in [-0.15, -0.1) is 0 Å². The van der Waals surface area contributed by atoms with E-state index in [0.717, 1.165) is 0 Å². The fourth-order valence-corrected chi connectivity index (χ4v) is 4.49. The molecule has 7 heavy (non-hydrogen) atoms. The van der Waals surface area contributed by atoms with Crippen molar-refractivity contribution >= 4 is 52.3 Å². The zero-order valence-electron chi connectivity index (χ0n) is 3.32. The van der Waals surface area contributed by atoms with E-state index in [-0.39, 0.29) is 20.4 Å². The zero-order valence-corrected chi connectivity index (χ0v) is 8.82. The minimum absolute atomic E-state index is 0.0962. The molecule has 0 saturated heterocycles. The van der Waals surface area contributed by atoms with Crippen LogP contribution in [0, 0.1) is 0 Å². The van der Waals surface area contributed by atoms with Gasteiger partial charge in [0.1, 0.15) is 0 Å². The van der Waals surface area contributed by atoms with E-state index < -0.39 is 0 Å². The zero-order chi connectivity index (χ0) is 5.28. The number of halogens is 2. The van der Waals surface area contributed by atoms with Crippen LogP contribution in [0.3, 0.4) is 0 Å². The molecule has 0 N–H and O–H groups in total. The summed E-state index contributed by atoms with van der Waals surface area (Å²) in [5.41, 5.74) is 0. The molecule has 0 atom stereocenters. The van der Waals surface area contributed by atoms with Crippen molar-refractivity contribution in [1.82, 2.24) is 0 Å². The van der Waals surface area contributed by atoms with Crippen LogP contribution in [0.2, 0.25) is 0 Å². The Bertz CT molecular complexity index is 142. The summed E-state index contributed by atoms with van der Waals surface area (Å²) in [5, 5.41) is 0. The number of rotatable bonds is 0. The molecule has 0 aliphatic carbocycles. The molecule has 0 fully saturated rings. The second kappa shape index (κ2) is 2.68. The first kappa shape index (κ1) is 6.35. The molecule has 0 bridgehead atoms. The van der Waals surface area contributed by atoms with Gasteiger partial charge in [-0.2, -0.15) is 0 Å². The van der Waals surface area contributed by atoms with Crippen LogP contribution in [-0.4, -0.2) is 20.4 Å². The van der Waals surface area contributed by atoms with Gasteiger partial charge in [-0.1, -0.05) is 0 Å². The molecule has 1 aromatic heterocycles. The first-order valence-corrected chi connectivity index (χ1v) is 5.95. The van der Waals surface area contributed by atoms with Crippen molar-refractivity contribution in [1.29, 1.82) is 0 Å². The SMILES string of the molecule is Brc1c[te]cc1Br. The van der Waals surface area contributed by atoms with Gasteiger partial charge >= 0.3 is 69.4 Å². The van der Waals surface area contributed by atoms with Crippen molar-refractivity contribution in [2.75, 3.05) is 0 Å². The molecule has 0 radical (unpaired) electrons. The van der Waals surface area contributed by atoms with Gasteiger partial charge in [-0.05, 0) is 0 Å². The van der Waals surface area contributed by atoms with Crippen LogP contribution in [0.1, 0.15) is 0 Å². The first-order chi connectivity index (χ1) is 3.30. The third-order valence-corrected chi connectivity index (χ3v) is 6.42. The molecule has 0 amide bonds. The number of hydrogen-bond acceptors (Lipinski definition) is 0. The third-order valence-electron chi connectivity index (χ3n) is 0.571. The molecule has 0 aliphatic heterocycles. The topological polar surface area (TPSA) is 0 Å². The summed E-state index contributed by atoms with van der Waals surface area (Å²) in [7, 11) is 0. The molecule has 0 spiro atoms. The van der Waals surface area contributed by atoms with E-state index in [0.29, 0.717) is 0 Å². The van der Waals surface area contributed by atoms with Gasteiger partial charge in [0.05, 0.1) is 0 Å². The molecule has 0 nitrogen and oxygen atoms in total. The Morgan fingerprint density at radius 3 is 1.71 bits per heavy atom. The van der Waals surface area contributed by atoms with E-state index in [2.05, 4.69) is 40.0 Å². The summed E-state index contributed by atoms with van der Waals surface area (Å²) in [6.07, 6.45) is 0. The maximum absolute atomic E-state index is 3.38. The molecule has 3 heteroatoms. The third kappa shape index (κ3) is 1.57. The van der Waals surface area contributed by atoms with E-state index in [9.17, 15) is 0 Å². The van der Waals surface area contributed by atoms with Crippen LogP contribution in [0.5, 0.6) is 0 Å². The summed E-state index contributed by atoms with van der Waals surface area (Å²) in [4.78, 5) is 0. The molecule has 1 aromatic rings. The molecule has 1 rings (SSSR count). The van der Waals surface area contributed by atoms with Gasteiger partial charge in [0.15, 0.2) is 0 Å². The quantitative estimate of drug-likeness (QED) is 0.637. The standard InChI is InChI=1S/C4H2Br2Te/c5-3-1-7-2-4(3)6/h1-2H. The fraction of sp³-hybridized carbons (Fsp3) is 0. The predicted octanol–water partition coefficient (Wildman–Crippen LogP) is 2.27. The molecule has 0 unspecified atom stereocenters. The Balaban J connectivity index is 3.12. The van der Waals surface area contributed by atoms with Crippen molar-refractivity contribution in [3.63, 3.8) is 0 Å². The van der Waals surface area contributed by atoms with Gasteiger partial charge < -0.3 is 0 Å². The van der Waals surface area contributed by atoms with E-state index in [4.69, 9.17) is 0 Å². The molecular formula is C4H2Br2Te. The van der Waals surface area contributed by atoms with Crippen molar-refractivity contribution in [2.45, 2.75) is 0 Å². The number of hydrogen-bond donors (Lipinski definition) is 0. The average molecular weight is 337 g/mol. The van der Waals surface area contributed by atoms with Crippen LogP contribution >= 0.6 is 31.9 Å². The van der Waals surface area contributed by atoms with Crippen molar-refractivity contribution in [2.24, 2.45) is 0 Å². The minimum atomic E-state index is 0.0962. The summed E-state index contributed by atoms with van der Waals surface area (Å²) in [5.74, 6) is 0. The van der Waals surface area contributed by atoms with Crippen LogP contribution < -0.4 is 0 Å². The fourth-order valence-electron chi connectivity index (χ4n) is 0.266.